The maximum atomic E-state index is 10.6. The molecule has 0 aliphatic heterocycles. The number of hydrogen-bond acceptors (Lipinski definition) is 3. The highest BCUT2D eigenvalue weighted by Gasteiger charge is 2.16. The second-order valence-electron chi connectivity index (χ2n) is 2.40. The minimum atomic E-state index is 0.141. The molecule has 0 atom stereocenters. The first-order valence-electron chi connectivity index (χ1n) is 3.21. The molecule has 0 aromatic heterocycles. The third-order valence-corrected chi connectivity index (χ3v) is 1.70. The molecule has 0 bridgehead atoms. The summed E-state index contributed by atoms with van der Waals surface area (Å²) in [4.78, 5) is 10.6. The zero-order valence-corrected chi connectivity index (χ0v) is 5.26. The van der Waals surface area contributed by atoms with Crippen LogP contribution in [0.1, 0.15) is 25.7 Å². The Morgan fingerprint density at radius 2 is 2.00 bits per heavy atom. The molecule has 3 nitrogen and oxygen atoms in total. The zero-order valence-electron chi connectivity index (χ0n) is 5.26. The molecule has 0 aromatic rings. The van der Waals surface area contributed by atoms with Crippen LogP contribution in [0.25, 0.3) is 0 Å². The lowest BCUT2D eigenvalue weighted by Crippen LogP contribution is -2.15. The van der Waals surface area contributed by atoms with Crippen LogP contribution in [-0.4, -0.2) is 11.8 Å². The van der Waals surface area contributed by atoms with Gasteiger partial charge in [-0.25, -0.2) is 5.53 Å². The summed E-state index contributed by atoms with van der Waals surface area (Å²) in [6.45, 7) is 0. The number of nitrogens with zero attached hydrogens (tertiary/aromatic N) is 1. The Bertz CT molecular complexity index is 123. The largest absolute Gasteiger partial charge is 0.300 e. The van der Waals surface area contributed by atoms with Gasteiger partial charge in [0.15, 0.2) is 0 Å². The highest BCUT2D eigenvalue weighted by atomic mass is 16.1. The predicted molar refractivity (Wildman–Crippen MR) is 32.4 cm³/mol. The second kappa shape index (κ2) is 2.71. The summed E-state index contributed by atoms with van der Waals surface area (Å²) in [6.07, 6.45) is 2.85. The van der Waals surface area contributed by atoms with Crippen molar-refractivity contribution in [2.45, 2.75) is 31.7 Å². The van der Waals surface area contributed by atoms with E-state index in [4.69, 9.17) is 5.53 Å². The van der Waals surface area contributed by atoms with Gasteiger partial charge in [0.1, 0.15) is 5.78 Å². The number of Topliss-reactive ketones (excluding diaryl/α,β-unsaturated/α-hetero) is 1. The molecule has 0 aromatic carbocycles. The molecule has 50 valence electrons. The minimum absolute atomic E-state index is 0.141. The SMILES string of the molecule is N=NC1CCC(=O)CC1. The number of hydrogen-bond donors (Lipinski definition) is 1. The average molecular weight is 126 g/mol. The molecule has 0 spiro atoms. The monoisotopic (exact) mass is 126 g/mol. The average Bonchev–Trinajstić information content (AvgIpc) is 1.90. The van der Waals surface area contributed by atoms with Gasteiger partial charge < -0.3 is 0 Å². The summed E-state index contributed by atoms with van der Waals surface area (Å²) >= 11 is 0. The van der Waals surface area contributed by atoms with E-state index in [0.717, 1.165) is 12.8 Å². The molecule has 1 aliphatic rings. The fourth-order valence-corrected chi connectivity index (χ4v) is 1.05. The normalized spacial score (nSPS) is 22.0. The summed E-state index contributed by atoms with van der Waals surface area (Å²) in [5, 5.41) is 3.38. The molecule has 1 N–H and O–H groups in total. The van der Waals surface area contributed by atoms with Crippen molar-refractivity contribution in [2.24, 2.45) is 5.11 Å². The van der Waals surface area contributed by atoms with Crippen LogP contribution < -0.4 is 0 Å². The lowest BCUT2D eigenvalue weighted by atomic mass is 9.95. The van der Waals surface area contributed by atoms with Crippen LogP contribution >= 0.6 is 0 Å². The molecule has 1 fully saturated rings. The smallest absolute Gasteiger partial charge is 0.133 e. The Kier molecular flexibility index (Phi) is 1.92. The van der Waals surface area contributed by atoms with Gasteiger partial charge >= 0.3 is 0 Å². The maximum Gasteiger partial charge on any atom is 0.133 e. The number of ketones is 1. The number of rotatable bonds is 1. The molecule has 1 aliphatic carbocycles. The first-order valence-corrected chi connectivity index (χ1v) is 3.21. The topological polar surface area (TPSA) is 53.3 Å². The summed E-state index contributed by atoms with van der Waals surface area (Å²) in [7, 11) is 0. The molecule has 0 saturated heterocycles. The standard InChI is InChI=1S/C6H10N2O/c7-8-5-1-3-6(9)4-2-5/h5,7H,1-4H2. The Morgan fingerprint density at radius 3 is 2.44 bits per heavy atom. The van der Waals surface area contributed by atoms with Crippen LogP contribution in [0.15, 0.2) is 5.11 Å². The van der Waals surface area contributed by atoms with E-state index in [2.05, 4.69) is 5.11 Å². The van der Waals surface area contributed by atoms with Gasteiger partial charge in [-0.05, 0) is 12.8 Å². The molecule has 1 saturated carbocycles. The van der Waals surface area contributed by atoms with Crippen LogP contribution in [0, 0.1) is 5.53 Å². The number of nitrogens with one attached hydrogen (secondary N) is 1. The first-order chi connectivity index (χ1) is 4.33. The quantitative estimate of drug-likeness (QED) is 0.532. The van der Waals surface area contributed by atoms with E-state index in [-0.39, 0.29) is 6.04 Å². The van der Waals surface area contributed by atoms with Crippen molar-refractivity contribution in [3.8, 4) is 0 Å². The molecular formula is C6H10N2O. The lowest BCUT2D eigenvalue weighted by Gasteiger charge is -2.14. The van der Waals surface area contributed by atoms with Crippen LogP contribution in [0.4, 0.5) is 0 Å². The summed E-state index contributed by atoms with van der Waals surface area (Å²) in [6, 6.07) is 0.141. The highest BCUT2D eigenvalue weighted by molar-refractivity contribution is 5.79. The summed E-state index contributed by atoms with van der Waals surface area (Å²) < 4.78 is 0. The maximum absolute atomic E-state index is 10.6. The fraction of sp³-hybridized carbons (Fsp3) is 0.833. The second-order valence-corrected chi connectivity index (χ2v) is 2.40. The van der Waals surface area contributed by atoms with Crippen molar-refractivity contribution in [2.75, 3.05) is 0 Å². The predicted octanol–water partition coefficient (Wildman–Crippen LogP) is 1.53. The van der Waals surface area contributed by atoms with Crippen LogP contribution in [0.2, 0.25) is 0 Å². The lowest BCUT2D eigenvalue weighted by molar-refractivity contribution is -0.120. The Labute approximate surface area is 54.0 Å². The molecule has 1 rings (SSSR count). The van der Waals surface area contributed by atoms with Gasteiger partial charge in [-0.15, -0.1) is 0 Å². The zero-order chi connectivity index (χ0) is 6.69. The van der Waals surface area contributed by atoms with Crippen molar-refractivity contribution in [1.29, 1.82) is 5.53 Å². The van der Waals surface area contributed by atoms with Gasteiger partial charge in [0.05, 0.1) is 6.04 Å². The van der Waals surface area contributed by atoms with E-state index >= 15 is 0 Å². The van der Waals surface area contributed by atoms with Gasteiger partial charge in [0.25, 0.3) is 0 Å². The van der Waals surface area contributed by atoms with Crippen molar-refractivity contribution < 1.29 is 4.79 Å². The number of carbonyl (C=O) groups excluding carboxylic acids is 1. The van der Waals surface area contributed by atoms with Crippen LogP contribution in [0.5, 0.6) is 0 Å². The molecule has 0 radical (unpaired) electrons. The number of carbonyl (C=O) groups is 1. The van der Waals surface area contributed by atoms with E-state index in [1.807, 2.05) is 0 Å². The highest BCUT2D eigenvalue weighted by Crippen LogP contribution is 2.16. The van der Waals surface area contributed by atoms with E-state index in [0.29, 0.717) is 18.6 Å². The minimum Gasteiger partial charge on any atom is -0.300 e. The van der Waals surface area contributed by atoms with E-state index in [9.17, 15) is 4.79 Å². The molecule has 0 heterocycles. The van der Waals surface area contributed by atoms with Gasteiger partial charge in [-0.1, -0.05) is 0 Å². The molecule has 9 heavy (non-hydrogen) atoms. The third kappa shape index (κ3) is 1.59. The molecule has 0 unspecified atom stereocenters. The van der Waals surface area contributed by atoms with E-state index in [1.165, 1.54) is 0 Å². The van der Waals surface area contributed by atoms with Crippen LogP contribution in [-0.2, 0) is 4.79 Å². The Hall–Kier alpha value is -0.730. The molecular weight excluding hydrogens is 116 g/mol. The molecule has 3 heteroatoms. The van der Waals surface area contributed by atoms with E-state index < -0.39 is 0 Å². The Balaban J connectivity index is 2.34. The summed E-state index contributed by atoms with van der Waals surface area (Å²) in [5.74, 6) is 0.329. The molecule has 0 amide bonds. The van der Waals surface area contributed by atoms with Gasteiger partial charge in [0.2, 0.25) is 0 Å². The van der Waals surface area contributed by atoms with E-state index in [1.54, 1.807) is 0 Å². The van der Waals surface area contributed by atoms with Gasteiger partial charge in [-0.3, -0.25) is 4.79 Å². The van der Waals surface area contributed by atoms with Gasteiger partial charge in [0, 0.05) is 12.8 Å². The van der Waals surface area contributed by atoms with Crippen molar-refractivity contribution in [3.05, 3.63) is 0 Å². The third-order valence-electron chi connectivity index (χ3n) is 1.70. The van der Waals surface area contributed by atoms with Crippen molar-refractivity contribution in [3.63, 3.8) is 0 Å². The van der Waals surface area contributed by atoms with Crippen LogP contribution in [0.3, 0.4) is 0 Å². The fourth-order valence-electron chi connectivity index (χ4n) is 1.05. The van der Waals surface area contributed by atoms with Crippen molar-refractivity contribution in [1.82, 2.24) is 0 Å². The first kappa shape index (κ1) is 6.39. The van der Waals surface area contributed by atoms with Gasteiger partial charge in [-0.2, -0.15) is 5.11 Å². The Morgan fingerprint density at radius 1 is 1.44 bits per heavy atom. The summed E-state index contributed by atoms with van der Waals surface area (Å²) in [5.41, 5.74) is 6.68. The van der Waals surface area contributed by atoms with Crippen molar-refractivity contribution >= 4 is 5.78 Å².